The molecule has 21 heavy (non-hydrogen) atoms. The minimum atomic E-state index is -0.315. The third kappa shape index (κ3) is 4.41. The molecule has 0 radical (unpaired) electrons. The van der Waals surface area contributed by atoms with E-state index in [0.29, 0.717) is 17.7 Å². The van der Waals surface area contributed by atoms with Gasteiger partial charge in [-0.05, 0) is 23.8 Å². The number of aliphatic hydroxyl groups excluding tert-OH is 1. The number of rotatable bonds is 3. The van der Waals surface area contributed by atoms with Crippen molar-refractivity contribution in [3.05, 3.63) is 65.2 Å². The van der Waals surface area contributed by atoms with Gasteiger partial charge < -0.3 is 10.4 Å². The average Bonchev–Trinajstić information content (AvgIpc) is 2.52. The topological polar surface area (TPSA) is 62.2 Å². The fourth-order valence-corrected chi connectivity index (χ4v) is 1.66. The Morgan fingerprint density at radius 1 is 1.29 bits per heavy atom. The van der Waals surface area contributed by atoms with Crippen LogP contribution in [-0.2, 0) is 6.54 Å². The lowest BCUT2D eigenvalue weighted by Gasteiger charge is -2.05. The molecule has 1 heterocycles. The van der Waals surface area contributed by atoms with Crippen molar-refractivity contribution in [2.75, 3.05) is 6.61 Å². The average molecular weight is 284 g/mol. The van der Waals surface area contributed by atoms with Crippen molar-refractivity contribution in [1.29, 1.82) is 0 Å². The molecular formula is C16H13FN2O2. The number of hydrogen-bond donors (Lipinski definition) is 2. The van der Waals surface area contributed by atoms with Crippen LogP contribution in [-0.4, -0.2) is 22.6 Å². The fourth-order valence-electron chi connectivity index (χ4n) is 1.66. The van der Waals surface area contributed by atoms with Gasteiger partial charge in [-0.3, -0.25) is 9.78 Å². The molecule has 0 aliphatic rings. The number of halogens is 1. The zero-order valence-electron chi connectivity index (χ0n) is 11.1. The normalized spacial score (nSPS) is 9.62. The van der Waals surface area contributed by atoms with Gasteiger partial charge in [-0.2, -0.15) is 0 Å². The summed E-state index contributed by atoms with van der Waals surface area (Å²) in [6.45, 7) is 0.0483. The molecule has 4 nitrogen and oxygen atoms in total. The standard InChI is InChI=1S/C16H13FN2O2/c17-15-5-3-12(4-6-15)10-19-16(21)14-8-13(2-1-7-20)9-18-11-14/h3-6,8-9,11,20H,7,10H2,(H,19,21). The Kier molecular flexibility index (Phi) is 5.02. The smallest absolute Gasteiger partial charge is 0.253 e. The van der Waals surface area contributed by atoms with E-state index >= 15 is 0 Å². The zero-order valence-corrected chi connectivity index (χ0v) is 11.1. The van der Waals surface area contributed by atoms with E-state index in [0.717, 1.165) is 5.56 Å². The molecule has 0 aliphatic carbocycles. The highest BCUT2D eigenvalue weighted by atomic mass is 19.1. The predicted molar refractivity (Wildman–Crippen MR) is 75.8 cm³/mol. The van der Waals surface area contributed by atoms with Gasteiger partial charge in [-0.15, -0.1) is 0 Å². The number of carbonyl (C=O) groups is 1. The molecule has 0 aliphatic heterocycles. The lowest BCUT2D eigenvalue weighted by Crippen LogP contribution is -2.23. The van der Waals surface area contributed by atoms with Gasteiger partial charge in [0.2, 0.25) is 0 Å². The Bertz CT molecular complexity index is 687. The molecule has 2 N–H and O–H groups in total. The van der Waals surface area contributed by atoms with Crippen LogP contribution < -0.4 is 5.32 Å². The number of pyridine rings is 1. The molecule has 0 fully saturated rings. The lowest BCUT2D eigenvalue weighted by atomic mass is 10.2. The van der Waals surface area contributed by atoms with Crippen molar-refractivity contribution in [3.63, 3.8) is 0 Å². The molecule has 1 aromatic carbocycles. The number of aliphatic hydroxyl groups is 1. The van der Waals surface area contributed by atoms with Crippen molar-refractivity contribution in [3.8, 4) is 11.8 Å². The molecule has 5 heteroatoms. The number of benzene rings is 1. The predicted octanol–water partition coefficient (Wildman–Crippen LogP) is 1.49. The van der Waals surface area contributed by atoms with Crippen LogP contribution in [0, 0.1) is 17.7 Å². The van der Waals surface area contributed by atoms with Crippen molar-refractivity contribution >= 4 is 5.91 Å². The molecule has 0 spiro atoms. The number of aromatic nitrogens is 1. The maximum atomic E-state index is 12.8. The zero-order chi connectivity index (χ0) is 15.1. The Hall–Kier alpha value is -2.71. The summed E-state index contributed by atoms with van der Waals surface area (Å²) in [6.07, 6.45) is 2.95. The van der Waals surface area contributed by atoms with Gasteiger partial charge in [-0.1, -0.05) is 24.0 Å². The molecule has 1 amide bonds. The Morgan fingerprint density at radius 2 is 2.05 bits per heavy atom. The van der Waals surface area contributed by atoms with E-state index in [2.05, 4.69) is 22.1 Å². The highest BCUT2D eigenvalue weighted by Crippen LogP contribution is 2.04. The second-order valence-corrected chi connectivity index (χ2v) is 4.23. The van der Waals surface area contributed by atoms with Gasteiger partial charge in [0.05, 0.1) is 5.56 Å². The molecular weight excluding hydrogens is 271 g/mol. The minimum Gasteiger partial charge on any atom is -0.384 e. The van der Waals surface area contributed by atoms with Crippen molar-refractivity contribution in [1.82, 2.24) is 10.3 Å². The van der Waals surface area contributed by atoms with Crippen LogP contribution in [0.1, 0.15) is 21.5 Å². The van der Waals surface area contributed by atoms with Gasteiger partial charge in [0.25, 0.3) is 5.91 Å². The maximum Gasteiger partial charge on any atom is 0.253 e. The number of nitrogens with one attached hydrogen (secondary N) is 1. The Morgan fingerprint density at radius 3 is 2.76 bits per heavy atom. The van der Waals surface area contributed by atoms with E-state index in [9.17, 15) is 9.18 Å². The van der Waals surface area contributed by atoms with E-state index in [1.807, 2.05) is 0 Å². The summed E-state index contributed by atoms with van der Waals surface area (Å²) < 4.78 is 12.8. The largest absolute Gasteiger partial charge is 0.384 e. The molecule has 106 valence electrons. The molecule has 2 aromatic rings. The van der Waals surface area contributed by atoms with Crippen LogP contribution in [0.25, 0.3) is 0 Å². The van der Waals surface area contributed by atoms with E-state index in [1.165, 1.54) is 24.5 Å². The summed E-state index contributed by atoms with van der Waals surface area (Å²) in [5.41, 5.74) is 1.73. The van der Waals surface area contributed by atoms with Gasteiger partial charge in [0.1, 0.15) is 12.4 Å². The van der Waals surface area contributed by atoms with Gasteiger partial charge >= 0.3 is 0 Å². The monoisotopic (exact) mass is 284 g/mol. The summed E-state index contributed by atoms with van der Waals surface area (Å²) in [5.74, 6) is 4.57. The van der Waals surface area contributed by atoms with Crippen molar-refractivity contribution in [2.24, 2.45) is 0 Å². The second-order valence-electron chi connectivity index (χ2n) is 4.23. The first-order valence-corrected chi connectivity index (χ1v) is 6.26. The summed E-state index contributed by atoms with van der Waals surface area (Å²) in [4.78, 5) is 15.9. The number of hydrogen-bond acceptors (Lipinski definition) is 3. The first-order chi connectivity index (χ1) is 10.2. The van der Waals surface area contributed by atoms with Crippen molar-refractivity contribution < 1.29 is 14.3 Å². The Balaban J connectivity index is 2.01. The van der Waals surface area contributed by atoms with Crippen LogP contribution in [0.5, 0.6) is 0 Å². The maximum absolute atomic E-state index is 12.8. The van der Waals surface area contributed by atoms with Gasteiger partial charge in [0, 0.05) is 24.5 Å². The van der Waals surface area contributed by atoms with Crippen LogP contribution >= 0.6 is 0 Å². The summed E-state index contributed by atoms with van der Waals surface area (Å²) in [5, 5.41) is 11.4. The van der Waals surface area contributed by atoms with E-state index < -0.39 is 0 Å². The van der Waals surface area contributed by atoms with Crippen molar-refractivity contribution in [2.45, 2.75) is 6.54 Å². The summed E-state index contributed by atoms with van der Waals surface area (Å²) in [7, 11) is 0. The van der Waals surface area contributed by atoms with Gasteiger partial charge in [-0.25, -0.2) is 4.39 Å². The van der Waals surface area contributed by atoms with Gasteiger partial charge in [0.15, 0.2) is 0 Å². The molecule has 1 aromatic heterocycles. The third-order valence-electron chi connectivity index (χ3n) is 2.68. The summed E-state index contributed by atoms with van der Waals surface area (Å²) >= 11 is 0. The fraction of sp³-hybridized carbons (Fsp3) is 0.125. The SMILES string of the molecule is O=C(NCc1ccc(F)cc1)c1cncc(C#CCO)c1. The van der Waals surface area contributed by atoms with Crippen LogP contribution in [0.2, 0.25) is 0 Å². The third-order valence-corrected chi connectivity index (χ3v) is 2.68. The molecule has 0 saturated heterocycles. The minimum absolute atomic E-state index is 0.249. The highest BCUT2D eigenvalue weighted by molar-refractivity contribution is 5.94. The number of amides is 1. The lowest BCUT2D eigenvalue weighted by molar-refractivity contribution is 0.0950. The highest BCUT2D eigenvalue weighted by Gasteiger charge is 2.06. The Labute approximate surface area is 121 Å². The first kappa shape index (κ1) is 14.7. The number of nitrogens with zero attached hydrogens (tertiary/aromatic N) is 1. The number of carbonyl (C=O) groups excluding carboxylic acids is 1. The van der Waals surface area contributed by atoms with E-state index in [1.54, 1.807) is 18.2 Å². The second kappa shape index (κ2) is 7.17. The van der Waals surface area contributed by atoms with E-state index in [4.69, 9.17) is 5.11 Å². The molecule has 0 saturated carbocycles. The molecule has 0 atom stereocenters. The summed E-state index contributed by atoms with van der Waals surface area (Å²) in [6, 6.07) is 7.49. The molecule has 0 bridgehead atoms. The van der Waals surface area contributed by atoms with Crippen LogP contribution in [0.3, 0.4) is 0 Å². The van der Waals surface area contributed by atoms with Crippen LogP contribution in [0.15, 0.2) is 42.7 Å². The quantitative estimate of drug-likeness (QED) is 0.840. The molecule has 2 rings (SSSR count). The van der Waals surface area contributed by atoms with Crippen LogP contribution in [0.4, 0.5) is 4.39 Å². The van der Waals surface area contributed by atoms with E-state index in [-0.39, 0.29) is 18.3 Å². The first-order valence-electron chi connectivity index (χ1n) is 6.26. The molecule has 0 unspecified atom stereocenters.